The van der Waals surface area contributed by atoms with E-state index in [1.165, 1.54) is 6.61 Å². The van der Waals surface area contributed by atoms with Crippen molar-refractivity contribution in [3.8, 4) is 11.5 Å². The first kappa shape index (κ1) is 39.5. The van der Waals surface area contributed by atoms with Gasteiger partial charge in [0.1, 0.15) is 17.1 Å². The van der Waals surface area contributed by atoms with Gasteiger partial charge >= 0.3 is 5.97 Å². The summed E-state index contributed by atoms with van der Waals surface area (Å²) in [4.78, 5) is 12.5. The molecule has 0 unspecified atom stereocenters. The van der Waals surface area contributed by atoms with E-state index in [2.05, 4.69) is 46.0 Å². The van der Waals surface area contributed by atoms with E-state index in [9.17, 15) is 4.79 Å². The Morgan fingerprint density at radius 2 is 1.19 bits per heavy atom. The molecule has 0 radical (unpaired) electrons. The molecule has 1 atom stereocenters. The van der Waals surface area contributed by atoms with Crippen LogP contribution in [0.15, 0.2) is 109 Å². The molecule has 0 fully saturated rings. The number of carbonyl (C=O) groups is 1. The molecule has 0 aromatic heterocycles. The third-order valence-corrected chi connectivity index (χ3v) is 13.2. The molecule has 254 valence electrons. The molecular formula is C39H47O7SiU-. The Kier molecular flexibility index (Phi) is 15.0. The fraction of sp³-hybridized carbons (Fsp3) is 0.333. The first-order valence-corrected chi connectivity index (χ1v) is 18.7. The summed E-state index contributed by atoms with van der Waals surface area (Å²) < 4.78 is 36.4. The van der Waals surface area contributed by atoms with Crippen molar-refractivity contribution in [1.82, 2.24) is 0 Å². The predicted octanol–water partition coefficient (Wildman–Crippen LogP) is 8.44. The smallest absolute Gasteiger partial charge is 0.335 e. The minimum Gasteiger partial charge on any atom is -0.543 e. The van der Waals surface area contributed by atoms with E-state index in [-0.39, 0.29) is 49.4 Å². The van der Waals surface area contributed by atoms with Gasteiger partial charge in [-0.3, -0.25) is 0 Å². The summed E-state index contributed by atoms with van der Waals surface area (Å²) >= 11 is 0. The van der Waals surface area contributed by atoms with Gasteiger partial charge in [-0.25, -0.2) is 4.79 Å². The van der Waals surface area contributed by atoms with E-state index >= 15 is 0 Å². The quantitative estimate of drug-likeness (QED) is 0.0368. The molecule has 0 heterocycles. The largest absolute Gasteiger partial charge is 0.543 e. The number of hydrogen-bond acceptors (Lipinski definition) is 7. The Hall–Kier alpha value is -2.90. The molecule has 0 N–H and O–H groups in total. The molecule has 0 saturated carbocycles. The topological polar surface area (TPSA) is 72.5 Å². The second-order valence-electron chi connectivity index (χ2n) is 12.8. The summed E-state index contributed by atoms with van der Waals surface area (Å²) in [6.07, 6.45) is -0.501. The zero-order valence-corrected chi connectivity index (χ0v) is 34.2. The van der Waals surface area contributed by atoms with Crippen molar-refractivity contribution in [3.63, 3.8) is 0 Å². The zero-order chi connectivity index (χ0) is 33.9. The van der Waals surface area contributed by atoms with E-state index in [1.54, 1.807) is 38.5 Å². The third kappa shape index (κ3) is 10.1. The van der Waals surface area contributed by atoms with E-state index in [1.807, 2.05) is 72.8 Å². The zero-order valence-electron chi connectivity index (χ0n) is 29.0. The standard InChI is InChI=1S/C39H47O7Si.U/c1-38(2,3)47(6,7)46-29-36(43-26-27-44-37(40)30-14-10-8-11-15-30)28-45-39(31-16-12-9-13-17-31,32-18-22-34(41-4)23-19-32)33-20-24-35(42-5)25-21-33;/h8-26,36H,27-29H2,1-7H3;/q-1;/t36-;/m0./s1. The number of benzene rings is 4. The Morgan fingerprint density at radius 3 is 1.67 bits per heavy atom. The Balaban J connectivity index is 0.00000625. The molecule has 0 saturated heterocycles. The molecule has 0 aliphatic heterocycles. The van der Waals surface area contributed by atoms with Gasteiger partial charge in [0.2, 0.25) is 0 Å². The minimum absolute atomic E-state index is 0. The van der Waals surface area contributed by atoms with Crippen LogP contribution in [0.4, 0.5) is 0 Å². The van der Waals surface area contributed by atoms with Crippen LogP contribution < -0.4 is 9.47 Å². The average Bonchev–Trinajstić information content (AvgIpc) is 3.09. The maximum absolute atomic E-state index is 12.5. The van der Waals surface area contributed by atoms with Crippen molar-refractivity contribution < 1.29 is 64.0 Å². The van der Waals surface area contributed by atoms with Gasteiger partial charge in [0, 0.05) is 31.1 Å². The Morgan fingerprint density at radius 1 is 0.708 bits per heavy atom. The normalized spacial score (nSPS) is 12.5. The van der Waals surface area contributed by atoms with Crippen molar-refractivity contribution in [2.75, 3.05) is 34.0 Å². The molecule has 0 bridgehead atoms. The maximum Gasteiger partial charge on any atom is 0.335 e. The van der Waals surface area contributed by atoms with E-state index in [0.717, 1.165) is 28.2 Å². The second kappa shape index (κ2) is 18.2. The molecule has 0 aliphatic rings. The van der Waals surface area contributed by atoms with E-state index in [4.69, 9.17) is 28.1 Å². The Labute approximate surface area is 310 Å². The van der Waals surface area contributed by atoms with Crippen LogP contribution in [0.5, 0.6) is 11.5 Å². The average molecular weight is 894 g/mol. The van der Waals surface area contributed by atoms with Crippen molar-refractivity contribution in [3.05, 3.63) is 138 Å². The van der Waals surface area contributed by atoms with Crippen LogP contribution in [0, 0.1) is 37.7 Å². The first-order valence-electron chi connectivity index (χ1n) is 15.8. The van der Waals surface area contributed by atoms with Crippen LogP contribution in [0.3, 0.4) is 0 Å². The van der Waals surface area contributed by atoms with Gasteiger partial charge in [-0.2, -0.15) is 6.61 Å². The van der Waals surface area contributed by atoms with E-state index in [0.29, 0.717) is 12.2 Å². The predicted molar refractivity (Wildman–Crippen MR) is 187 cm³/mol. The molecular weight excluding hydrogens is 847 g/mol. The van der Waals surface area contributed by atoms with Crippen molar-refractivity contribution in [1.29, 1.82) is 0 Å². The number of ether oxygens (including phenoxy) is 5. The molecule has 0 aliphatic carbocycles. The number of carbonyl (C=O) groups excluding carboxylic acids is 1. The number of hydrogen-bond donors (Lipinski definition) is 0. The van der Waals surface area contributed by atoms with Crippen LogP contribution in [-0.4, -0.2) is 54.4 Å². The molecule has 4 aromatic rings. The van der Waals surface area contributed by atoms with Gasteiger partial charge in [0.15, 0.2) is 8.32 Å². The van der Waals surface area contributed by atoms with Crippen LogP contribution in [-0.2, 0) is 24.2 Å². The fourth-order valence-corrected chi connectivity index (χ4v) is 5.91. The van der Waals surface area contributed by atoms with Crippen LogP contribution in [0.1, 0.15) is 47.8 Å². The summed E-state index contributed by atoms with van der Waals surface area (Å²) in [6.45, 7) is 13.0. The number of esters is 1. The summed E-state index contributed by atoms with van der Waals surface area (Å²) in [6, 6.07) is 34.8. The molecule has 48 heavy (non-hydrogen) atoms. The molecule has 7 nitrogen and oxygen atoms in total. The third-order valence-electron chi connectivity index (χ3n) is 8.68. The fourth-order valence-electron chi connectivity index (χ4n) is 4.88. The van der Waals surface area contributed by atoms with Crippen LogP contribution >= 0.6 is 0 Å². The maximum atomic E-state index is 12.5. The van der Waals surface area contributed by atoms with Gasteiger partial charge in [0.25, 0.3) is 0 Å². The molecule has 0 amide bonds. The van der Waals surface area contributed by atoms with Crippen LogP contribution in [0.2, 0.25) is 18.1 Å². The van der Waals surface area contributed by atoms with Gasteiger partial charge in [-0.15, -0.1) is 0 Å². The Bertz CT molecular complexity index is 1480. The monoisotopic (exact) mass is 893 g/mol. The van der Waals surface area contributed by atoms with Gasteiger partial charge < -0.3 is 28.1 Å². The summed E-state index contributed by atoms with van der Waals surface area (Å²) in [7, 11) is 1.17. The van der Waals surface area contributed by atoms with E-state index < -0.39 is 26.0 Å². The summed E-state index contributed by atoms with van der Waals surface area (Å²) in [5.41, 5.74) is 2.24. The summed E-state index contributed by atoms with van der Waals surface area (Å²) in [5, 5.41) is 0.00726. The molecule has 4 rings (SSSR count). The molecule has 9 heteroatoms. The number of rotatable bonds is 16. The molecule has 0 spiro atoms. The second-order valence-corrected chi connectivity index (χ2v) is 17.6. The van der Waals surface area contributed by atoms with Crippen LogP contribution in [0.25, 0.3) is 0 Å². The number of methoxy groups -OCH3 is 2. The molecule has 4 aromatic carbocycles. The van der Waals surface area contributed by atoms with Crippen molar-refractivity contribution >= 4 is 14.3 Å². The minimum atomic E-state index is -2.13. The van der Waals surface area contributed by atoms with Crippen molar-refractivity contribution in [2.24, 2.45) is 0 Å². The van der Waals surface area contributed by atoms with Gasteiger partial charge in [-0.05, 0) is 77.8 Å². The SMILES string of the molecule is COc1ccc(C(OC[C@@H](CO[Si](C)(C)C(C)(C)C)O[CH-]COC(=O)c2ccccc2)(c2ccccc2)c2ccc(OC)cc2)cc1.[U]. The van der Waals surface area contributed by atoms with Gasteiger partial charge in [-0.1, -0.05) is 93.6 Å². The summed E-state index contributed by atoms with van der Waals surface area (Å²) in [5.74, 6) is 1.07. The van der Waals surface area contributed by atoms with Crippen molar-refractivity contribution in [2.45, 2.75) is 50.6 Å². The first-order chi connectivity index (χ1) is 22.5. The van der Waals surface area contributed by atoms with Gasteiger partial charge in [0.05, 0.1) is 39.1 Å².